The highest BCUT2D eigenvalue weighted by Gasteiger charge is 2.23. The maximum absolute atomic E-state index is 13.6. The van der Waals surface area contributed by atoms with Crippen molar-refractivity contribution in [2.45, 2.75) is 19.8 Å². The molecule has 5 aromatic rings. The molecule has 0 spiro atoms. The number of hydrogen-bond donors (Lipinski definition) is 1. The van der Waals surface area contributed by atoms with Crippen molar-refractivity contribution in [3.63, 3.8) is 0 Å². The van der Waals surface area contributed by atoms with Crippen LogP contribution < -0.4 is 5.73 Å². The van der Waals surface area contributed by atoms with Crippen LogP contribution in [-0.4, -0.2) is 42.2 Å². The fraction of sp³-hybridized carbons (Fsp3) is 0.250. The van der Waals surface area contributed by atoms with Gasteiger partial charge in [-0.25, -0.2) is 19.3 Å². The number of hydrogen-bond acceptors (Lipinski definition) is 6. The Morgan fingerprint density at radius 1 is 1.12 bits per heavy atom. The summed E-state index contributed by atoms with van der Waals surface area (Å²) in [6.07, 6.45) is 5.55. The average molecular weight is 443 g/mol. The van der Waals surface area contributed by atoms with E-state index in [-0.39, 0.29) is 11.8 Å². The van der Waals surface area contributed by atoms with E-state index in [1.165, 1.54) is 12.1 Å². The number of nitrogens with zero attached hydrogens (tertiary/aromatic N) is 6. The molecule has 1 saturated heterocycles. The van der Waals surface area contributed by atoms with Gasteiger partial charge in [0.15, 0.2) is 11.5 Å². The van der Waals surface area contributed by atoms with Gasteiger partial charge in [0, 0.05) is 48.8 Å². The first-order chi connectivity index (χ1) is 16.1. The molecule has 0 bridgehead atoms. The van der Waals surface area contributed by atoms with Crippen molar-refractivity contribution >= 4 is 17.2 Å². The molecule has 0 amide bonds. The Morgan fingerprint density at radius 3 is 2.73 bits per heavy atom. The molecule has 1 aliphatic rings. The third kappa shape index (κ3) is 3.41. The lowest BCUT2D eigenvalue weighted by molar-refractivity contribution is 0.185. The molecule has 0 radical (unpaired) electrons. The van der Waals surface area contributed by atoms with Crippen molar-refractivity contribution in [3.05, 3.63) is 66.1 Å². The average Bonchev–Trinajstić information content (AvgIpc) is 3.56. The van der Waals surface area contributed by atoms with Gasteiger partial charge in [-0.15, -0.1) is 5.10 Å². The number of halogens is 1. The van der Waals surface area contributed by atoms with Gasteiger partial charge in [-0.2, -0.15) is 4.52 Å². The molecule has 1 aromatic carbocycles. The predicted molar refractivity (Wildman–Crippen MR) is 122 cm³/mol. The molecule has 4 aromatic heterocycles. The molecular formula is C24H22FN7O. The summed E-state index contributed by atoms with van der Waals surface area (Å²) in [5, 5.41) is 4.66. The number of nitrogens with two attached hydrogens (primary N) is 1. The van der Waals surface area contributed by atoms with Crippen LogP contribution in [0.15, 0.2) is 48.8 Å². The van der Waals surface area contributed by atoms with Crippen LogP contribution in [0.2, 0.25) is 0 Å². The Balaban J connectivity index is 1.60. The minimum absolute atomic E-state index is 0.231. The molecule has 2 N–H and O–H groups in total. The highest BCUT2D eigenvalue weighted by molar-refractivity contribution is 5.90. The molecule has 1 atom stereocenters. The smallest absolute Gasteiger partial charge is 0.223 e. The van der Waals surface area contributed by atoms with Crippen molar-refractivity contribution in [3.8, 4) is 22.4 Å². The summed E-state index contributed by atoms with van der Waals surface area (Å²) >= 11 is 0. The summed E-state index contributed by atoms with van der Waals surface area (Å²) in [5.41, 5.74) is 11.9. The van der Waals surface area contributed by atoms with E-state index in [0.29, 0.717) is 36.1 Å². The van der Waals surface area contributed by atoms with Gasteiger partial charge in [0.1, 0.15) is 11.5 Å². The summed E-state index contributed by atoms with van der Waals surface area (Å²) in [4.78, 5) is 14.0. The molecule has 0 aliphatic carbocycles. The number of imidazole rings is 1. The lowest BCUT2D eigenvalue weighted by Gasteiger charge is -2.12. The first-order valence-corrected chi connectivity index (χ1v) is 10.9. The normalized spacial score (nSPS) is 16.2. The SMILES string of the molecule is Cc1cnc2ccc(-c3c(-c4ccc(F)cc4)nc(N)n4nc(C[C@H]5CCOC5)nc34)cn12. The quantitative estimate of drug-likeness (QED) is 0.455. The molecular weight excluding hydrogens is 421 g/mol. The second-order valence-corrected chi connectivity index (χ2v) is 8.44. The number of benzene rings is 1. The van der Waals surface area contributed by atoms with Crippen LogP contribution in [0.3, 0.4) is 0 Å². The Morgan fingerprint density at radius 2 is 1.94 bits per heavy atom. The zero-order chi connectivity index (χ0) is 22.5. The van der Waals surface area contributed by atoms with Gasteiger partial charge in [0.05, 0.1) is 11.3 Å². The predicted octanol–water partition coefficient (Wildman–Crippen LogP) is 3.71. The van der Waals surface area contributed by atoms with Crippen LogP contribution >= 0.6 is 0 Å². The Bertz CT molecular complexity index is 1480. The number of aryl methyl sites for hydroxylation is 1. The molecule has 1 fully saturated rings. The molecule has 0 unspecified atom stereocenters. The number of fused-ring (bicyclic) bond motifs is 2. The Kier molecular flexibility index (Phi) is 4.58. The number of aromatic nitrogens is 6. The van der Waals surface area contributed by atoms with Gasteiger partial charge in [0.2, 0.25) is 5.95 Å². The lowest BCUT2D eigenvalue weighted by Crippen LogP contribution is -2.07. The number of rotatable bonds is 4. The Hall–Kier alpha value is -3.85. The van der Waals surface area contributed by atoms with Crippen LogP contribution in [0.4, 0.5) is 10.3 Å². The van der Waals surface area contributed by atoms with Crippen LogP contribution in [0.5, 0.6) is 0 Å². The Labute approximate surface area is 188 Å². The fourth-order valence-electron chi connectivity index (χ4n) is 4.42. The van der Waals surface area contributed by atoms with E-state index in [0.717, 1.165) is 41.1 Å². The van der Waals surface area contributed by atoms with E-state index in [4.69, 9.17) is 15.5 Å². The molecule has 5 heterocycles. The van der Waals surface area contributed by atoms with Crippen molar-refractivity contribution in [1.29, 1.82) is 0 Å². The lowest BCUT2D eigenvalue weighted by atomic mass is 10.0. The third-order valence-corrected chi connectivity index (χ3v) is 6.15. The number of ether oxygens (including phenoxy) is 1. The third-order valence-electron chi connectivity index (χ3n) is 6.15. The molecule has 9 heteroatoms. The zero-order valence-corrected chi connectivity index (χ0v) is 18.1. The van der Waals surface area contributed by atoms with E-state index in [1.54, 1.807) is 16.6 Å². The zero-order valence-electron chi connectivity index (χ0n) is 18.1. The summed E-state index contributed by atoms with van der Waals surface area (Å²) in [5.74, 6) is 1.01. The summed E-state index contributed by atoms with van der Waals surface area (Å²) in [6, 6.07) is 10.2. The minimum Gasteiger partial charge on any atom is -0.381 e. The van der Waals surface area contributed by atoms with E-state index < -0.39 is 0 Å². The highest BCUT2D eigenvalue weighted by Crippen LogP contribution is 2.35. The van der Waals surface area contributed by atoms with Crippen molar-refractivity contribution in [2.24, 2.45) is 5.92 Å². The van der Waals surface area contributed by atoms with E-state index in [9.17, 15) is 4.39 Å². The standard InChI is InChI=1S/C24H22FN7O/c1-14-11-27-20-7-4-17(12-31(14)20)21-22(16-2-5-18(25)6-3-16)29-24(26)32-23(21)28-19(30-32)10-15-8-9-33-13-15/h2-7,11-12,15H,8-10,13H2,1H3,(H2,26,29)/t15-/m1/s1. The van der Waals surface area contributed by atoms with Crippen LogP contribution in [0.1, 0.15) is 17.9 Å². The largest absolute Gasteiger partial charge is 0.381 e. The maximum atomic E-state index is 13.6. The summed E-state index contributed by atoms with van der Waals surface area (Å²) < 4.78 is 22.8. The van der Waals surface area contributed by atoms with Gasteiger partial charge in [0.25, 0.3) is 0 Å². The number of nitrogen functional groups attached to an aromatic ring is 1. The second-order valence-electron chi connectivity index (χ2n) is 8.44. The fourth-order valence-corrected chi connectivity index (χ4v) is 4.42. The topological polar surface area (TPSA) is 95.6 Å². The van der Waals surface area contributed by atoms with E-state index >= 15 is 0 Å². The van der Waals surface area contributed by atoms with Crippen molar-refractivity contribution < 1.29 is 9.13 Å². The maximum Gasteiger partial charge on any atom is 0.223 e. The van der Waals surface area contributed by atoms with Crippen molar-refractivity contribution in [1.82, 2.24) is 29.0 Å². The molecule has 6 rings (SSSR count). The molecule has 166 valence electrons. The first-order valence-electron chi connectivity index (χ1n) is 10.9. The van der Waals surface area contributed by atoms with Crippen LogP contribution in [0.25, 0.3) is 33.7 Å². The van der Waals surface area contributed by atoms with Gasteiger partial charge in [-0.3, -0.25) is 0 Å². The van der Waals surface area contributed by atoms with Gasteiger partial charge >= 0.3 is 0 Å². The monoisotopic (exact) mass is 443 g/mol. The van der Waals surface area contributed by atoms with Crippen LogP contribution in [0, 0.1) is 18.7 Å². The van der Waals surface area contributed by atoms with E-state index in [1.807, 2.05) is 35.9 Å². The molecule has 1 aliphatic heterocycles. The van der Waals surface area contributed by atoms with Gasteiger partial charge in [-0.1, -0.05) is 0 Å². The number of pyridine rings is 1. The first kappa shape index (κ1) is 19.8. The van der Waals surface area contributed by atoms with Gasteiger partial charge in [-0.05, 0) is 55.7 Å². The molecule has 0 saturated carbocycles. The summed E-state index contributed by atoms with van der Waals surface area (Å²) in [7, 11) is 0. The van der Waals surface area contributed by atoms with Crippen molar-refractivity contribution in [2.75, 3.05) is 18.9 Å². The second kappa shape index (κ2) is 7.63. The molecule has 8 nitrogen and oxygen atoms in total. The van der Waals surface area contributed by atoms with E-state index in [2.05, 4.69) is 15.1 Å². The summed E-state index contributed by atoms with van der Waals surface area (Å²) in [6.45, 7) is 3.49. The van der Waals surface area contributed by atoms with Crippen LogP contribution in [-0.2, 0) is 11.2 Å². The highest BCUT2D eigenvalue weighted by atomic mass is 19.1. The number of anilines is 1. The minimum atomic E-state index is -0.312. The molecule has 33 heavy (non-hydrogen) atoms. The van der Waals surface area contributed by atoms with Gasteiger partial charge < -0.3 is 14.9 Å².